The van der Waals surface area contributed by atoms with Gasteiger partial charge in [-0.05, 0) is 36.4 Å². The SMILES string of the molecule is CCOc1ccccc1/C=C/C(=O)N[C@@H](c1cccs1)C(C)C. The summed E-state index contributed by atoms with van der Waals surface area (Å²) in [6, 6.07) is 11.8. The zero-order chi connectivity index (χ0) is 16.7. The number of rotatable bonds is 7. The summed E-state index contributed by atoms with van der Waals surface area (Å²) in [6.07, 6.45) is 3.37. The van der Waals surface area contributed by atoms with Crippen molar-refractivity contribution in [2.24, 2.45) is 5.92 Å². The van der Waals surface area contributed by atoms with Crippen molar-refractivity contribution >= 4 is 23.3 Å². The van der Waals surface area contributed by atoms with Crippen LogP contribution in [0.2, 0.25) is 0 Å². The fourth-order valence-corrected chi connectivity index (χ4v) is 3.26. The van der Waals surface area contributed by atoms with Gasteiger partial charge >= 0.3 is 0 Å². The minimum Gasteiger partial charge on any atom is -0.493 e. The first-order valence-electron chi connectivity index (χ1n) is 7.85. The second-order valence-corrected chi connectivity index (χ2v) is 6.53. The molecule has 1 aromatic carbocycles. The summed E-state index contributed by atoms with van der Waals surface area (Å²) in [5.41, 5.74) is 0.904. The van der Waals surface area contributed by atoms with Crippen molar-refractivity contribution in [3.63, 3.8) is 0 Å². The van der Waals surface area contributed by atoms with Gasteiger partial charge in [0.2, 0.25) is 5.91 Å². The lowest BCUT2D eigenvalue weighted by Crippen LogP contribution is -2.29. The second kappa shape index (κ2) is 8.53. The minimum atomic E-state index is -0.0941. The van der Waals surface area contributed by atoms with Gasteiger partial charge < -0.3 is 10.1 Å². The highest BCUT2D eigenvalue weighted by molar-refractivity contribution is 7.10. The highest BCUT2D eigenvalue weighted by atomic mass is 32.1. The van der Waals surface area contributed by atoms with Crippen LogP contribution >= 0.6 is 11.3 Å². The molecule has 1 N–H and O–H groups in total. The van der Waals surface area contributed by atoms with E-state index in [2.05, 4.69) is 25.2 Å². The van der Waals surface area contributed by atoms with E-state index < -0.39 is 0 Å². The van der Waals surface area contributed by atoms with Crippen LogP contribution in [0.15, 0.2) is 47.9 Å². The second-order valence-electron chi connectivity index (χ2n) is 5.55. The largest absolute Gasteiger partial charge is 0.493 e. The molecule has 2 rings (SSSR count). The molecule has 4 heteroatoms. The number of nitrogens with one attached hydrogen (secondary N) is 1. The van der Waals surface area contributed by atoms with E-state index in [9.17, 15) is 4.79 Å². The average molecular weight is 329 g/mol. The molecule has 122 valence electrons. The van der Waals surface area contributed by atoms with Gasteiger partial charge in [0.15, 0.2) is 0 Å². The molecular weight excluding hydrogens is 306 g/mol. The van der Waals surface area contributed by atoms with Gasteiger partial charge in [0, 0.05) is 16.5 Å². The first-order chi connectivity index (χ1) is 11.1. The molecule has 1 atom stereocenters. The molecule has 0 unspecified atom stereocenters. The predicted molar refractivity (Wildman–Crippen MR) is 96.7 cm³/mol. The molecule has 1 aromatic heterocycles. The molecule has 2 aromatic rings. The monoisotopic (exact) mass is 329 g/mol. The van der Waals surface area contributed by atoms with Crippen LogP contribution in [0.5, 0.6) is 5.75 Å². The molecule has 3 nitrogen and oxygen atoms in total. The Bertz CT molecular complexity index is 647. The molecule has 0 spiro atoms. The first-order valence-corrected chi connectivity index (χ1v) is 8.73. The van der Waals surface area contributed by atoms with E-state index >= 15 is 0 Å². The number of benzene rings is 1. The highest BCUT2D eigenvalue weighted by Crippen LogP contribution is 2.26. The topological polar surface area (TPSA) is 38.3 Å². The number of para-hydroxylation sites is 1. The Kier molecular flexibility index (Phi) is 6.41. The third-order valence-corrected chi connectivity index (χ3v) is 4.40. The van der Waals surface area contributed by atoms with Gasteiger partial charge in [0.25, 0.3) is 0 Å². The average Bonchev–Trinajstić information content (AvgIpc) is 3.06. The summed E-state index contributed by atoms with van der Waals surface area (Å²) in [5, 5.41) is 5.12. The van der Waals surface area contributed by atoms with Gasteiger partial charge in [0.1, 0.15) is 5.75 Å². The molecule has 0 aliphatic heterocycles. The quantitative estimate of drug-likeness (QED) is 0.749. The normalized spacial score (nSPS) is 12.5. The number of hydrogen-bond acceptors (Lipinski definition) is 3. The van der Waals surface area contributed by atoms with Gasteiger partial charge in [-0.3, -0.25) is 4.79 Å². The maximum Gasteiger partial charge on any atom is 0.244 e. The van der Waals surface area contributed by atoms with Crippen molar-refractivity contribution in [1.29, 1.82) is 0 Å². The van der Waals surface area contributed by atoms with Crippen molar-refractivity contribution in [3.05, 3.63) is 58.3 Å². The zero-order valence-electron chi connectivity index (χ0n) is 13.8. The Morgan fingerprint density at radius 3 is 2.70 bits per heavy atom. The predicted octanol–water partition coefficient (Wildman–Crippen LogP) is 4.67. The van der Waals surface area contributed by atoms with Gasteiger partial charge in [-0.1, -0.05) is 38.1 Å². The lowest BCUT2D eigenvalue weighted by molar-refractivity contribution is -0.117. The lowest BCUT2D eigenvalue weighted by atomic mass is 10.0. The summed E-state index contributed by atoms with van der Waals surface area (Å²) >= 11 is 1.67. The van der Waals surface area contributed by atoms with E-state index in [4.69, 9.17) is 4.74 Å². The fourth-order valence-electron chi connectivity index (χ4n) is 2.31. The minimum absolute atomic E-state index is 0.0364. The smallest absolute Gasteiger partial charge is 0.244 e. The Labute approximate surface area is 142 Å². The van der Waals surface area contributed by atoms with Gasteiger partial charge in [-0.25, -0.2) is 0 Å². The number of hydrogen-bond donors (Lipinski definition) is 1. The maximum absolute atomic E-state index is 12.3. The Hall–Kier alpha value is -2.07. The number of carbonyl (C=O) groups is 1. The number of amides is 1. The van der Waals surface area contributed by atoms with Gasteiger partial charge in [0.05, 0.1) is 12.6 Å². The molecular formula is C19H23NO2S. The van der Waals surface area contributed by atoms with Crippen LogP contribution in [0.3, 0.4) is 0 Å². The third kappa shape index (κ3) is 4.96. The number of carbonyl (C=O) groups excluding carboxylic acids is 1. The number of ether oxygens (including phenoxy) is 1. The molecule has 0 radical (unpaired) electrons. The zero-order valence-corrected chi connectivity index (χ0v) is 14.6. The van der Waals surface area contributed by atoms with E-state index in [1.807, 2.05) is 42.6 Å². The molecule has 1 amide bonds. The van der Waals surface area contributed by atoms with Crippen molar-refractivity contribution in [2.75, 3.05) is 6.61 Å². The highest BCUT2D eigenvalue weighted by Gasteiger charge is 2.18. The van der Waals surface area contributed by atoms with Crippen LogP contribution in [0.4, 0.5) is 0 Å². The van der Waals surface area contributed by atoms with E-state index in [0.717, 1.165) is 11.3 Å². The van der Waals surface area contributed by atoms with Crippen molar-refractivity contribution in [3.8, 4) is 5.75 Å². The Morgan fingerprint density at radius 2 is 2.04 bits per heavy atom. The summed E-state index contributed by atoms with van der Waals surface area (Å²) in [7, 11) is 0. The molecule has 0 aliphatic carbocycles. The summed E-state index contributed by atoms with van der Waals surface area (Å²) in [6.45, 7) is 6.77. The van der Waals surface area contributed by atoms with Crippen molar-refractivity contribution in [2.45, 2.75) is 26.8 Å². The summed E-state index contributed by atoms with van der Waals surface area (Å²) in [5.74, 6) is 1.03. The van der Waals surface area contributed by atoms with Gasteiger partial charge in [-0.15, -0.1) is 11.3 Å². The van der Waals surface area contributed by atoms with Crippen molar-refractivity contribution in [1.82, 2.24) is 5.32 Å². The maximum atomic E-state index is 12.3. The Balaban J connectivity index is 2.06. The van der Waals surface area contributed by atoms with Crippen LogP contribution in [0, 0.1) is 5.92 Å². The van der Waals surface area contributed by atoms with E-state index in [1.165, 1.54) is 4.88 Å². The molecule has 0 fully saturated rings. The van der Waals surface area contributed by atoms with Crippen molar-refractivity contribution < 1.29 is 9.53 Å². The van der Waals surface area contributed by atoms with Crippen LogP contribution in [-0.2, 0) is 4.79 Å². The molecule has 0 aliphatic rings. The van der Waals surface area contributed by atoms with Gasteiger partial charge in [-0.2, -0.15) is 0 Å². The molecule has 0 saturated carbocycles. The molecule has 23 heavy (non-hydrogen) atoms. The summed E-state index contributed by atoms with van der Waals surface area (Å²) < 4.78 is 5.57. The molecule has 0 bridgehead atoms. The Morgan fingerprint density at radius 1 is 1.26 bits per heavy atom. The van der Waals surface area contributed by atoms with E-state index in [-0.39, 0.29) is 11.9 Å². The molecule has 1 heterocycles. The first kappa shape index (κ1) is 17.3. The van der Waals surface area contributed by atoms with Crippen LogP contribution in [0.1, 0.15) is 37.3 Å². The fraction of sp³-hybridized carbons (Fsp3) is 0.316. The van der Waals surface area contributed by atoms with Crippen LogP contribution in [-0.4, -0.2) is 12.5 Å². The standard InChI is InChI=1S/C19H23NO2S/c1-4-22-16-9-6-5-8-15(16)11-12-18(21)20-19(14(2)3)17-10-7-13-23-17/h5-14,19H,4H2,1-3H3,(H,20,21)/b12-11+/t19-/m1/s1. The van der Waals surface area contributed by atoms with Crippen LogP contribution < -0.4 is 10.1 Å². The third-order valence-electron chi connectivity index (χ3n) is 3.45. The molecule has 0 saturated heterocycles. The summed E-state index contributed by atoms with van der Waals surface area (Å²) in [4.78, 5) is 13.4. The number of thiophene rings is 1. The lowest BCUT2D eigenvalue weighted by Gasteiger charge is -2.20. The van der Waals surface area contributed by atoms with Crippen LogP contribution in [0.25, 0.3) is 6.08 Å². The van der Waals surface area contributed by atoms with E-state index in [0.29, 0.717) is 12.5 Å². The van der Waals surface area contributed by atoms with E-state index in [1.54, 1.807) is 23.5 Å².